The van der Waals surface area contributed by atoms with Gasteiger partial charge in [0.1, 0.15) is 5.75 Å². The van der Waals surface area contributed by atoms with Gasteiger partial charge in [0.25, 0.3) is 5.91 Å². The van der Waals surface area contributed by atoms with E-state index in [1.165, 1.54) is 11.3 Å². The van der Waals surface area contributed by atoms with Crippen LogP contribution in [0.4, 0.5) is 0 Å². The SMILES string of the molecule is CCn1c(=NC(=O)Cc2cc(C)ccc2OC)sc2cc(Cl)ccc21. The molecule has 0 N–H and O–H groups in total. The first kappa shape index (κ1) is 17.7. The monoisotopic (exact) mass is 374 g/mol. The van der Waals surface area contributed by atoms with Crippen LogP contribution in [0.2, 0.25) is 5.02 Å². The van der Waals surface area contributed by atoms with E-state index in [0.717, 1.165) is 27.9 Å². The summed E-state index contributed by atoms with van der Waals surface area (Å²) in [5.41, 5.74) is 2.98. The number of hydrogen-bond donors (Lipinski definition) is 0. The maximum atomic E-state index is 12.5. The standard InChI is InChI=1S/C19H19ClN2O2S/c1-4-22-15-7-6-14(20)11-17(15)25-19(22)21-18(23)10-13-9-12(2)5-8-16(13)24-3/h5-9,11H,4,10H2,1-3H3. The molecule has 0 unspecified atom stereocenters. The van der Waals surface area contributed by atoms with Crippen molar-refractivity contribution in [2.24, 2.45) is 4.99 Å². The number of carbonyl (C=O) groups excluding carboxylic acids is 1. The van der Waals surface area contributed by atoms with E-state index in [1.54, 1.807) is 7.11 Å². The molecule has 25 heavy (non-hydrogen) atoms. The molecule has 1 amide bonds. The summed E-state index contributed by atoms with van der Waals surface area (Å²) in [6, 6.07) is 11.5. The number of aryl methyl sites for hydroxylation is 2. The van der Waals surface area contributed by atoms with Gasteiger partial charge in [-0.25, -0.2) is 0 Å². The average Bonchev–Trinajstić information content (AvgIpc) is 2.90. The number of fused-ring (bicyclic) bond motifs is 1. The number of methoxy groups -OCH3 is 1. The molecule has 0 saturated heterocycles. The van der Waals surface area contributed by atoms with Crippen LogP contribution >= 0.6 is 22.9 Å². The molecular weight excluding hydrogens is 356 g/mol. The number of carbonyl (C=O) groups is 1. The Bertz CT molecular complexity index is 1000. The van der Waals surface area contributed by atoms with Gasteiger partial charge >= 0.3 is 0 Å². The number of halogens is 1. The quantitative estimate of drug-likeness (QED) is 0.680. The molecule has 0 aliphatic carbocycles. The lowest BCUT2D eigenvalue weighted by Crippen LogP contribution is -2.16. The summed E-state index contributed by atoms with van der Waals surface area (Å²) < 4.78 is 8.40. The third-order valence-corrected chi connectivity index (χ3v) is 5.24. The minimum atomic E-state index is -0.191. The molecule has 3 aromatic rings. The zero-order valence-corrected chi connectivity index (χ0v) is 15.9. The average molecular weight is 375 g/mol. The van der Waals surface area contributed by atoms with Crippen molar-refractivity contribution in [3.8, 4) is 5.75 Å². The Morgan fingerprint density at radius 3 is 2.80 bits per heavy atom. The van der Waals surface area contributed by atoms with Crippen molar-refractivity contribution in [2.45, 2.75) is 26.8 Å². The summed E-state index contributed by atoms with van der Waals surface area (Å²) in [5, 5.41) is 0.680. The first-order valence-corrected chi connectivity index (χ1v) is 9.21. The second-order valence-corrected chi connectivity index (χ2v) is 7.18. The van der Waals surface area contributed by atoms with Crippen LogP contribution in [0.1, 0.15) is 18.1 Å². The first-order chi connectivity index (χ1) is 12.0. The fourth-order valence-electron chi connectivity index (χ4n) is 2.79. The van der Waals surface area contributed by atoms with E-state index in [-0.39, 0.29) is 12.3 Å². The van der Waals surface area contributed by atoms with Gasteiger partial charge in [0.2, 0.25) is 0 Å². The van der Waals surface area contributed by atoms with Gasteiger partial charge in [0, 0.05) is 17.1 Å². The van der Waals surface area contributed by atoms with Gasteiger partial charge in [-0.3, -0.25) is 4.79 Å². The fourth-order valence-corrected chi connectivity index (χ4v) is 4.18. The van der Waals surface area contributed by atoms with Gasteiger partial charge in [-0.15, -0.1) is 0 Å². The largest absolute Gasteiger partial charge is 0.496 e. The molecule has 0 fully saturated rings. The van der Waals surface area contributed by atoms with Gasteiger partial charge in [-0.05, 0) is 38.1 Å². The molecule has 0 spiro atoms. The Morgan fingerprint density at radius 2 is 2.08 bits per heavy atom. The van der Waals surface area contributed by atoms with Crippen molar-refractivity contribution in [3.63, 3.8) is 0 Å². The minimum Gasteiger partial charge on any atom is -0.496 e. The van der Waals surface area contributed by atoms with Gasteiger partial charge in [-0.2, -0.15) is 4.99 Å². The van der Waals surface area contributed by atoms with E-state index in [9.17, 15) is 4.79 Å². The lowest BCUT2D eigenvalue weighted by Gasteiger charge is -2.07. The second-order valence-electron chi connectivity index (χ2n) is 5.74. The predicted molar refractivity (Wildman–Crippen MR) is 103 cm³/mol. The fraction of sp³-hybridized carbons (Fsp3) is 0.263. The van der Waals surface area contributed by atoms with Crippen molar-refractivity contribution in [2.75, 3.05) is 7.11 Å². The summed E-state index contributed by atoms with van der Waals surface area (Å²) in [6.45, 7) is 4.76. The molecule has 0 atom stereocenters. The number of ether oxygens (including phenoxy) is 1. The lowest BCUT2D eigenvalue weighted by molar-refractivity contribution is -0.117. The highest BCUT2D eigenvalue weighted by molar-refractivity contribution is 7.16. The number of rotatable bonds is 4. The van der Waals surface area contributed by atoms with Crippen molar-refractivity contribution < 1.29 is 9.53 Å². The molecule has 1 aromatic heterocycles. The summed E-state index contributed by atoms with van der Waals surface area (Å²) in [7, 11) is 1.61. The van der Waals surface area contributed by atoms with Crippen LogP contribution in [-0.4, -0.2) is 17.6 Å². The Labute approximate surface area is 155 Å². The number of thiazole rings is 1. The molecule has 6 heteroatoms. The van der Waals surface area contributed by atoms with Crippen LogP contribution in [0.25, 0.3) is 10.2 Å². The van der Waals surface area contributed by atoms with E-state index in [4.69, 9.17) is 16.3 Å². The molecule has 0 saturated carbocycles. The smallest absolute Gasteiger partial charge is 0.252 e. The highest BCUT2D eigenvalue weighted by Crippen LogP contribution is 2.22. The Hall–Kier alpha value is -2.11. The molecule has 0 aliphatic heterocycles. The zero-order chi connectivity index (χ0) is 18.0. The Kier molecular flexibility index (Phi) is 5.25. The molecule has 4 nitrogen and oxygen atoms in total. The third kappa shape index (κ3) is 3.78. The summed E-state index contributed by atoms with van der Waals surface area (Å²) >= 11 is 7.55. The van der Waals surface area contributed by atoms with Gasteiger partial charge in [0.05, 0.1) is 23.7 Å². The molecule has 130 valence electrons. The third-order valence-electron chi connectivity index (χ3n) is 3.96. The van der Waals surface area contributed by atoms with Crippen LogP contribution in [0.3, 0.4) is 0 Å². The number of hydrogen-bond acceptors (Lipinski definition) is 3. The number of nitrogens with zero attached hydrogens (tertiary/aromatic N) is 2. The summed E-state index contributed by atoms with van der Waals surface area (Å²) in [6.07, 6.45) is 0.212. The number of benzene rings is 2. The minimum absolute atomic E-state index is 0.191. The Morgan fingerprint density at radius 1 is 1.28 bits per heavy atom. The predicted octanol–water partition coefficient (Wildman–Crippen LogP) is 4.36. The van der Waals surface area contributed by atoms with Gasteiger partial charge < -0.3 is 9.30 Å². The van der Waals surface area contributed by atoms with E-state index in [2.05, 4.69) is 4.99 Å². The van der Waals surface area contributed by atoms with Crippen LogP contribution in [0.5, 0.6) is 5.75 Å². The normalized spacial score (nSPS) is 11.9. The molecule has 2 aromatic carbocycles. The van der Waals surface area contributed by atoms with Crippen LogP contribution in [0, 0.1) is 6.92 Å². The second kappa shape index (κ2) is 7.42. The molecule has 3 rings (SSSR count). The zero-order valence-electron chi connectivity index (χ0n) is 14.4. The Balaban J connectivity index is 1.99. The highest BCUT2D eigenvalue weighted by atomic mass is 35.5. The summed E-state index contributed by atoms with van der Waals surface area (Å²) in [4.78, 5) is 17.6. The molecule has 0 radical (unpaired) electrons. The maximum Gasteiger partial charge on any atom is 0.252 e. The van der Waals surface area contributed by atoms with Crippen molar-refractivity contribution in [3.05, 3.63) is 57.3 Å². The van der Waals surface area contributed by atoms with Crippen molar-refractivity contribution >= 4 is 39.1 Å². The van der Waals surface area contributed by atoms with Crippen LogP contribution in [0.15, 0.2) is 41.4 Å². The first-order valence-electron chi connectivity index (χ1n) is 8.01. The van der Waals surface area contributed by atoms with E-state index >= 15 is 0 Å². The molecular formula is C19H19ClN2O2S. The highest BCUT2D eigenvalue weighted by Gasteiger charge is 2.11. The molecule has 0 bridgehead atoms. The van der Waals surface area contributed by atoms with E-state index < -0.39 is 0 Å². The number of aromatic nitrogens is 1. The van der Waals surface area contributed by atoms with E-state index in [1.807, 2.05) is 54.8 Å². The summed E-state index contributed by atoms with van der Waals surface area (Å²) in [5.74, 6) is 0.518. The topological polar surface area (TPSA) is 43.6 Å². The maximum absolute atomic E-state index is 12.5. The lowest BCUT2D eigenvalue weighted by atomic mass is 10.1. The number of amides is 1. The van der Waals surface area contributed by atoms with Gasteiger partial charge in [0.15, 0.2) is 4.80 Å². The molecule has 0 aliphatic rings. The van der Waals surface area contributed by atoms with Crippen LogP contribution < -0.4 is 9.54 Å². The van der Waals surface area contributed by atoms with Crippen molar-refractivity contribution in [1.82, 2.24) is 4.57 Å². The van der Waals surface area contributed by atoms with E-state index in [0.29, 0.717) is 15.6 Å². The van der Waals surface area contributed by atoms with Crippen LogP contribution in [-0.2, 0) is 17.8 Å². The van der Waals surface area contributed by atoms with Gasteiger partial charge in [-0.1, -0.05) is 40.6 Å². The molecule has 1 heterocycles. The van der Waals surface area contributed by atoms with Crippen molar-refractivity contribution in [1.29, 1.82) is 0 Å².